The Morgan fingerprint density at radius 3 is 1.79 bits per heavy atom. The van der Waals surface area contributed by atoms with Crippen LogP contribution in [-0.2, 0) is 15.1 Å². The third-order valence-electron chi connectivity index (χ3n) is 6.84. The van der Waals surface area contributed by atoms with Crippen molar-refractivity contribution in [3.05, 3.63) is 59.1 Å². The van der Waals surface area contributed by atoms with Gasteiger partial charge in [-0.25, -0.2) is 4.79 Å². The minimum atomic E-state index is -0.462. The van der Waals surface area contributed by atoms with Gasteiger partial charge in [-0.3, -0.25) is 0 Å². The molecule has 1 amide bonds. The molecule has 0 spiro atoms. The number of hydrogen-bond acceptors (Lipinski definition) is 5. The number of carbonyl (C=O) groups is 1. The minimum Gasteiger partial charge on any atom is -0.444 e. The Morgan fingerprint density at radius 2 is 1.32 bits per heavy atom. The summed E-state index contributed by atoms with van der Waals surface area (Å²) in [6.45, 7) is 10.5. The topological polar surface area (TPSA) is 45.2 Å². The average Bonchev–Trinajstić information content (AvgIpc) is 2.84. The van der Waals surface area contributed by atoms with Crippen molar-refractivity contribution in [3.8, 4) is 0 Å². The van der Waals surface area contributed by atoms with Crippen molar-refractivity contribution < 1.29 is 14.3 Å². The number of carbonyl (C=O) groups excluding carboxylic acids is 1. The first-order valence-corrected chi connectivity index (χ1v) is 12.5. The van der Waals surface area contributed by atoms with Gasteiger partial charge < -0.3 is 24.2 Å². The van der Waals surface area contributed by atoms with Crippen LogP contribution < -0.4 is 9.80 Å². The van der Waals surface area contributed by atoms with Crippen LogP contribution >= 0.6 is 11.6 Å². The van der Waals surface area contributed by atoms with Crippen LogP contribution in [0.5, 0.6) is 0 Å². The van der Waals surface area contributed by atoms with Crippen LogP contribution in [0.1, 0.15) is 39.2 Å². The van der Waals surface area contributed by atoms with Crippen molar-refractivity contribution in [1.29, 1.82) is 0 Å². The number of halogens is 1. The summed E-state index contributed by atoms with van der Waals surface area (Å²) in [4.78, 5) is 18.9. The molecule has 34 heavy (non-hydrogen) atoms. The van der Waals surface area contributed by atoms with Crippen LogP contribution in [0, 0.1) is 0 Å². The smallest absolute Gasteiger partial charge is 0.410 e. The van der Waals surface area contributed by atoms with E-state index in [1.165, 1.54) is 16.9 Å². The molecule has 6 nitrogen and oxygen atoms in total. The molecule has 0 aromatic heterocycles. The van der Waals surface area contributed by atoms with E-state index in [0.717, 1.165) is 44.0 Å². The Labute approximate surface area is 208 Å². The molecule has 0 aliphatic carbocycles. The van der Waals surface area contributed by atoms with Crippen molar-refractivity contribution >= 4 is 29.1 Å². The van der Waals surface area contributed by atoms with E-state index in [2.05, 4.69) is 46.2 Å². The number of piperidine rings is 1. The minimum absolute atomic E-state index is 0.224. The summed E-state index contributed by atoms with van der Waals surface area (Å²) in [7, 11) is 1.81. The highest BCUT2D eigenvalue weighted by Crippen LogP contribution is 2.38. The Kier molecular flexibility index (Phi) is 7.29. The van der Waals surface area contributed by atoms with Gasteiger partial charge in [0.05, 0.1) is 5.60 Å². The molecule has 184 valence electrons. The summed E-state index contributed by atoms with van der Waals surface area (Å²) in [6, 6.07) is 16.8. The van der Waals surface area contributed by atoms with Gasteiger partial charge in [-0.1, -0.05) is 23.7 Å². The Bertz CT molecular complexity index is 956. The van der Waals surface area contributed by atoms with Crippen LogP contribution in [0.4, 0.5) is 16.2 Å². The van der Waals surface area contributed by atoms with Crippen LogP contribution in [0.25, 0.3) is 0 Å². The van der Waals surface area contributed by atoms with Gasteiger partial charge in [0.15, 0.2) is 0 Å². The fourth-order valence-corrected chi connectivity index (χ4v) is 4.96. The lowest BCUT2D eigenvalue weighted by atomic mass is 9.84. The van der Waals surface area contributed by atoms with E-state index in [1.54, 1.807) is 4.90 Å². The quantitative estimate of drug-likeness (QED) is 0.569. The van der Waals surface area contributed by atoms with E-state index in [0.29, 0.717) is 13.1 Å². The molecule has 0 saturated carbocycles. The Balaban J connectivity index is 1.32. The SMILES string of the molecule is COC1(c2ccc(Cl)cc2)CCN(c2ccc(N3CCN(C(=O)OC(C)(C)C)CC3)cc2)CC1. The van der Waals surface area contributed by atoms with Crippen molar-refractivity contribution in [1.82, 2.24) is 4.90 Å². The average molecular weight is 486 g/mol. The molecule has 2 aromatic carbocycles. The number of anilines is 2. The second kappa shape index (κ2) is 10.0. The van der Waals surface area contributed by atoms with E-state index in [1.807, 2.05) is 40.0 Å². The van der Waals surface area contributed by atoms with E-state index in [-0.39, 0.29) is 11.7 Å². The van der Waals surface area contributed by atoms with E-state index in [4.69, 9.17) is 21.1 Å². The van der Waals surface area contributed by atoms with E-state index < -0.39 is 5.60 Å². The molecule has 2 aliphatic rings. The predicted octanol–water partition coefficient (Wildman–Crippen LogP) is 5.54. The van der Waals surface area contributed by atoms with Gasteiger partial charge in [-0.05, 0) is 75.6 Å². The second-order valence-corrected chi connectivity index (χ2v) is 10.6. The molecule has 2 fully saturated rings. The molecule has 2 aromatic rings. The molecule has 0 atom stereocenters. The van der Waals surface area contributed by atoms with Crippen molar-refractivity contribution in [2.24, 2.45) is 0 Å². The largest absolute Gasteiger partial charge is 0.444 e. The highest BCUT2D eigenvalue weighted by Gasteiger charge is 2.36. The number of benzene rings is 2. The lowest BCUT2D eigenvalue weighted by Gasteiger charge is -2.42. The van der Waals surface area contributed by atoms with Gasteiger partial charge in [0.1, 0.15) is 5.60 Å². The van der Waals surface area contributed by atoms with Crippen LogP contribution in [-0.4, -0.2) is 63.0 Å². The molecule has 4 rings (SSSR count). The van der Waals surface area contributed by atoms with Gasteiger partial charge >= 0.3 is 6.09 Å². The first-order valence-electron chi connectivity index (χ1n) is 12.1. The van der Waals surface area contributed by atoms with Crippen molar-refractivity contribution in [3.63, 3.8) is 0 Å². The highest BCUT2D eigenvalue weighted by atomic mass is 35.5. The van der Waals surface area contributed by atoms with Crippen LogP contribution in [0.15, 0.2) is 48.5 Å². The zero-order valence-electron chi connectivity index (χ0n) is 20.7. The zero-order chi connectivity index (χ0) is 24.3. The van der Waals surface area contributed by atoms with Crippen LogP contribution in [0.3, 0.4) is 0 Å². The molecule has 2 heterocycles. The summed E-state index contributed by atoms with van der Waals surface area (Å²) in [5.41, 5.74) is 2.90. The Morgan fingerprint density at radius 1 is 0.824 bits per heavy atom. The lowest BCUT2D eigenvalue weighted by Crippen LogP contribution is -2.50. The van der Waals surface area contributed by atoms with Crippen molar-refractivity contribution in [2.45, 2.75) is 44.8 Å². The molecule has 7 heteroatoms. The van der Waals surface area contributed by atoms with Gasteiger partial charge in [-0.2, -0.15) is 0 Å². The van der Waals surface area contributed by atoms with Crippen molar-refractivity contribution in [2.75, 3.05) is 56.2 Å². The third-order valence-corrected chi connectivity index (χ3v) is 7.10. The third kappa shape index (κ3) is 5.61. The molecular formula is C27H36ClN3O3. The monoisotopic (exact) mass is 485 g/mol. The standard InChI is InChI=1S/C27H36ClN3O3/c1-26(2,3)34-25(32)31-19-17-30(18-20-31)24-11-9-23(10-12-24)29-15-13-27(33-4,14-16-29)21-5-7-22(28)8-6-21/h5-12H,13-20H2,1-4H3. The summed E-state index contributed by atoms with van der Waals surface area (Å²) >= 11 is 6.08. The summed E-state index contributed by atoms with van der Waals surface area (Å²) < 4.78 is 11.5. The maximum atomic E-state index is 12.3. The summed E-state index contributed by atoms with van der Waals surface area (Å²) in [6.07, 6.45) is 1.64. The first-order chi connectivity index (χ1) is 16.2. The summed E-state index contributed by atoms with van der Waals surface area (Å²) in [5, 5.41) is 0.749. The number of methoxy groups -OCH3 is 1. The number of piperazine rings is 1. The number of ether oxygens (including phenoxy) is 2. The maximum Gasteiger partial charge on any atom is 0.410 e. The molecular weight excluding hydrogens is 450 g/mol. The van der Waals surface area contributed by atoms with Gasteiger partial charge in [0, 0.05) is 62.8 Å². The molecule has 2 aliphatic heterocycles. The maximum absolute atomic E-state index is 12.3. The zero-order valence-corrected chi connectivity index (χ0v) is 21.5. The molecule has 0 N–H and O–H groups in total. The van der Waals surface area contributed by atoms with E-state index in [9.17, 15) is 4.79 Å². The Hall–Kier alpha value is -2.44. The van der Waals surface area contributed by atoms with Gasteiger partial charge in [0.2, 0.25) is 0 Å². The fraction of sp³-hybridized carbons (Fsp3) is 0.519. The predicted molar refractivity (Wildman–Crippen MR) is 138 cm³/mol. The van der Waals surface area contributed by atoms with Gasteiger partial charge in [-0.15, -0.1) is 0 Å². The van der Waals surface area contributed by atoms with Gasteiger partial charge in [0.25, 0.3) is 0 Å². The lowest BCUT2D eigenvalue weighted by molar-refractivity contribution is -0.0346. The fourth-order valence-electron chi connectivity index (χ4n) is 4.84. The molecule has 0 unspecified atom stereocenters. The van der Waals surface area contributed by atoms with E-state index >= 15 is 0 Å². The first kappa shape index (κ1) is 24.7. The molecule has 0 radical (unpaired) electrons. The number of amides is 1. The highest BCUT2D eigenvalue weighted by molar-refractivity contribution is 6.30. The number of hydrogen-bond donors (Lipinski definition) is 0. The normalized spacial score (nSPS) is 18.7. The molecule has 2 saturated heterocycles. The second-order valence-electron chi connectivity index (χ2n) is 10.2. The number of rotatable bonds is 4. The number of nitrogens with zero attached hydrogens (tertiary/aromatic N) is 3. The molecule has 0 bridgehead atoms. The van der Waals surface area contributed by atoms with Crippen LogP contribution in [0.2, 0.25) is 5.02 Å². The summed E-state index contributed by atoms with van der Waals surface area (Å²) in [5.74, 6) is 0.